The van der Waals surface area contributed by atoms with Crippen molar-refractivity contribution in [2.45, 2.75) is 19.4 Å². The summed E-state index contributed by atoms with van der Waals surface area (Å²) in [4.78, 5) is 0. The van der Waals surface area contributed by atoms with Crippen molar-refractivity contribution in [3.63, 3.8) is 0 Å². The fraction of sp³-hybridized carbons (Fsp3) is 0.417. The summed E-state index contributed by atoms with van der Waals surface area (Å²) in [5.41, 5.74) is 7.01. The molecule has 0 fully saturated rings. The highest BCUT2D eigenvalue weighted by Crippen LogP contribution is 2.23. The zero-order valence-corrected chi connectivity index (χ0v) is 10.8. The third kappa shape index (κ3) is 2.33. The number of methoxy groups -OCH3 is 1. The van der Waals surface area contributed by atoms with Gasteiger partial charge in [0.25, 0.3) is 0 Å². The summed E-state index contributed by atoms with van der Waals surface area (Å²) in [5.74, 6) is 0.706. The van der Waals surface area contributed by atoms with Crippen LogP contribution in [0.5, 0.6) is 0 Å². The van der Waals surface area contributed by atoms with E-state index in [1.165, 1.54) is 0 Å². The summed E-state index contributed by atoms with van der Waals surface area (Å²) in [6, 6.07) is 7.47. The number of rotatable bonds is 4. The maximum Gasteiger partial charge on any atom is 0.182 e. The number of aromatic nitrogens is 4. The van der Waals surface area contributed by atoms with Crippen LogP contribution in [0.3, 0.4) is 0 Å². The van der Waals surface area contributed by atoms with Crippen molar-refractivity contribution in [3.8, 4) is 11.4 Å². The Morgan fingerprint density at radius 3 is 2.56 bits per heavy atom. The largest absolute Gasteiger partial charge is 0.399 e. The van der Waals surface area contributed by atoms with Crippen LogP contribution in [0.1, 0.15) is 13.8 Å². The van der Waals surface area contributed by atoms with Crippen molar-refractivity contribution in [2.75, 3.05) is 19.5 Å². The summed E-state index contributed by atoms with van der Waals surface area (Å²) in [5, 5.41) is 11.9. The number of hydrogen-bond donors (Lipinski definition) is 1. The number of nitrogens with zero attached hydrogens (tertiary/aromatic N) is 4. The molecule has 2 aromatic rings. The van der Waals surface area contributed by atoms with E-state index in [1.54, 1.807) is 11.8 Å². The van der Waals surface area contributed by atoms with E-state index in [1.807, 2.05) is 38.1 Å². The molecule has 0 bridgehead atoms. The number of nitrogen functional groups attached to an aromatic ring is 1. The molecule has 6 nitrogen and oxygen atoms in total. The molecule has 0 amide bonds. The van der Waals surface area contributed by atoms with E-state index in [2.05, 4.69) is 15.5 Å². The third-order valence-electron chi connectivity index (χ3n) is 2.71. The first-order chi connectivity index (χ1) is 8.54. The molecule has 0 spiro atoms. The minimum atomic E-state index is -0.311. The predicted molar refractivity (Wildman–Crippen MR) is 68.9 cm³/mol. The summed E-state index contributed by atoms with van der Waals surface area (Å²) in [6.45, 7) is 4.57. The molecule has 1 heterocycles. The number of anilines is 1. The van der Waals surface area contributed by atoms with Crippen molar-refractivity contribution in [1.82, 2.24) is 20.2 Å². The number of tetrazole rings is 1. The number of hydrogen-bond acceptors (Lipinski definition) is 5. The normalized spacial score (nSPS) is 11.7. The van der Waals surface area contributed by atoms with Crippen molar-refractivity contribution in [3.05, 3.63) is 24.3 Å². The van der Waals surface area contributed by atoms with E-state index >= 15 is 0 Å². The average Bonchev–Trinajstić information content (AvgIpc) is 2.79. The van der Waals surface area contributed by atoms with E-state index in [9.17, 15) is 0 Å². The molecule has 6 heteroatoms. The lowest BCUT2D eigenvalue weighted by Crippen LogP contribution is -2.33. The average molecular weight is 247 g/mol. The molecular weight excluding hydrogens is 230 g/mol. The van der Waals surface area contributed by atoms with Gasteiger partial charge in [0.2, 0.25) is 0 Å². The van der Waals surface area contributed by atoms with Gasteiger partial charge in [-0.05, 0) is 48.5 Å². The molecule has 0 saturated heterocycles. The molecule has 2 rings (SSSR count). The van der Waals surface area contributed by atoms with Crippen LogP contribution in [-0.2, 0) is 10.3 Å². The van der Waals surface area contributed by atoms with Crippen LogP contribution in [0.2, 0.25) is 0 Å². The minimum absolute atomic E-state index is 0.311. The number of benzene rings is 1. The highest BCUT2D eigenvalue weighted by Gasteiger charge is 2.25. The summed E-state index contributed by atoms with van der Waals surface area (Å²) >= 11 is 0. The van der Waals surface area contributed by atoms with Gasteiger partial charge >= 0.3 is 0 Å². The highest BCUT2D eigenvalue weighted by molar-refractivity contribution is 5.58. The minimum Gasteiger partial charge on any atom is -0.399 e. The summed E-state index contributed by atoms with van der Waals surface area (Å²) < 4.78 is 6.97. The first-order valence-corrected chi connectivity index (χ1v) is 5.68. The molecule has 0 radical (unpaired) electrons. The Kier molecular flexibility index (Phi) is 3.29. The SMILES string of the molecule is COCC(C)(C)n1nnnc1-c1ccc(N)cc1. The fourth-order valence-corrected chi connectivity index (χ4v) is 1.82. The van der Waals surface area contributed by atoms with Crippen LogP contribution < -0.4 is 5.73 Å². The van der Waals surface area contributed by atoms with Crippen LogP contribution in [0.4, 0.5) is 5.69 Å². The van der Waals surface area contributed by atoms with Crippen molar-refractivity contribution >= 4 is 5.69 Å². The van der Waals surface area contributed by atoms with Crippen molar-refractivity contribution < 1.29 is 4.74 Å². The van der Waals surface area contributed by atoms with Gasteiger partial charge in [0.05, 0.1) is 12.1 Å². The lowest BCUT2D eigenvalue weighted by Gasteiger charge is -2.24. The van der Waals surface area contributed by atoms with Gasteiger partial charge in [0.1, 0.15) is 0 Å². The fourth-order valence-electron chi connectivity index (χ4n) is 1.82. The molecule has 96 valence electrons. The second kappa shape index (κ2) is 4.73. The second-order valence-electron chi connectivity index (χ2n) is 4.78. The molecule has 2 N–H and O–H groups in total. The quantitative estimate of drug-likeness (QED) is 0.824. The first-order valence-electron chi connectivity index (χ1n) is 5.68. The molecule has 0 aliphatic heterocycles. The van der Waals surface area contributed by atoms with Gasteiger partial charge in [-0.3, -0.25) is 0 Å². The molecule has 18 heavy (non-hydrogen) atoms. The molecule has 0 aliphatic carbocycles. The van der Waals surface area contributed by atoms with Gasteiger partial charge in [0.15, 0.2) is 5.82 Å². The van der Waals surface area contributed by atoms with Crippen LogP contribution >= 0.6 is 0 Å². The van der Waals surface area contributed by atoms with Crippen LogP contribution in [-0.4, -0.2) is 33.9 Å². The molecule has 0 saturated carbocycles. The van der Waals surface area contributed by atoms with Crippen molar-refractivity contribution in [2.24, 2.45) is 0 Å². The third-order valence-corrected chi connectivity index (χ3v) is 2.71. The Hall–Kier alpha value is -1.95. The standard InChI is InChI=1S/C12H17N5O/c1-12(2,8-18-3)17-11(14-15-16-17)9-4-6-10(13)7-5-9/h4-7H,8,13H2,1-3H3. The maximum absolute atomic E-state index is 5.67. The van der Waals surface area contributed by atoms with E-state index in [-0.39, 0.29) is 5.54 Å². The Morgan fingerprint density at radius 2 is 1.94 bits per heavy atom. The van der Waals surface area contributed by atoms with E-state index in [4.69, 9.17) is 10.5 Å². The first kappa shape index (κ1) is 12.5. The van der Waals surface area contributed by atoms with E-state index in [0.717, 1.165) is 5.56 Å². The molecular formula is C12H17N5O. The lowest BCUT2D eigenvalue weighted by atomic mass is 10.1. The van der Waals surface area contributed by atoms with E-state index < -0.39 is 0 Å². The summed E-state index contributed by atoms with van der Waals surface area (Å²) in [6.07, 6.45) is 0. The highest BCUT2D eigenvalue weighted by atomic mass is 16.5. The molecule has 0 aliphatic rings. The maximum atomic E-state index is 5.67. The van der Waals surface area contributed by atoms with Crippen molar-refractivity contribution in [1.29, 1.82) is 0 Å². The van der Waals surface area contributed by atoms with Gasteiger partial charge in [-0.1, -0.05) is 0 Å². The van der Waals surface area contributed by atoms with Gasteiger partial charge < -0.3 is 10.5 Å². The van der Waals surface area contributed by atoms with Crippen LogP contribution in [0.25, 0.3) is 11.4 Å². The molecule has 1 aromatic heterocycles. The van der Waals surface area contributed by atoms with Gasteiger partial charge in [0, 0.05) is 18.4 Å². The smallest absolute Gasteiger partial charge is 0.182 e. The van der Waals surface area contributed by atoms with Gasteiger partial charge in [-0.15, -0.1) is 5.10 Å². The lowest BCUT2D eigenvalue weighted by molar-refractivity contribution is 0.101. The Labute approximate surface area is 106 Å². The zero-order chi connectivity index (χ0) is 13.2. The topological polar surface area (TPSA) is 78.8 Å². The molecule has 0 atom stereocenters. The number of nitrogens with two attached hydrogens (primary N) is 1. The molecule has 1 aromatic carbocycles. The van der Waals surface area contributed by atoms with E-state index in [0.29, 0.717) is 18.1 Å². The van der Waals surface area contributed by atoms with Gasteiger partial charge in [-0.2, -0.15) is 0 Å². The predicted octanol–water partition coefficient (Wildman–Crippen LogP) is 1.30. The molecule has 0 unspecified atom stereocenters. The Bertz CT molecular complexity index is 518. The second-order valence-corrected chi connectivity index (χ2v) is 4.78. The zero-order valence-electron chi connectivity index (χ0n) is 10.8. The Balaban J connectivity index is 2.41. The number of ether oxygens (including phenoxy) is 1. The van der Waals surface area contributed by atoms with Crippen LogP contribution in [0, 0.1) is 0 Å². The van der Waals surface area contributed by atoms with Crippen LogP contribution in [0.15, 0.2) is 24.3 Å². The van der Waals surface area contributed by atoms with Gasteiger partial charge in [-0.25, -0.2) is 4.68 Å². The Morgan fingerprint density at radius 1 is 1.28 bits per heavy atom. The monoisotopic (exact) mass is 247 g/mol. The summed E-state index contributed by atoms with van der Waals surface area (Å²) in [7, 11) is 1.66.